The van der Waals surface area contributed by atoms with Crippen LogP contribution in [0.2, 0.25) is 0 Å². The molecule has 2 aromatic rings. The van der Waals surface area contributed by atoms with Gasteiger partial charge in [-0.3, -0.25) is 0 Å². The first kappa shape index (κ1) is 12.4. The molecule has 2 rings (SSSR count). The van der Waals surface area contributed by atoms with Gasteiger partial charge in [-0.2, -0.15) is 18.3 Å². The third-order valence-corrected chi connectivity index (χ3v) is 2.46. The van der Waals surface area contributed by atoms with Gasteiger partial charge in [-0.15, -0.1) is 0 Å². The second-order valence-electron chi connectivity index (χ2n) is 3.83. The molecule has 0 unspecified atom stereocenters. The molecule has 1 aromatic carbocycles. The van der Waals surface area contributed by atoms with Crippen molar-refractivity contribution >= 4 is 5.69 Å². The van der Waals surface area contributed by atoms with Crippen LogP contribution in [0, 0.1) is 12.7 Å². The molecule has 0 bridgehead atoms. The van der Waals surface area contributed by atoms with Crippen molar-refractivity contribution in [2.45, 2.75) is 13.1 Å². The Labute approximate surface area is 99.8 Å². The van der Waals surface area contributed by atoms with E-state index in [1.165, 1.54) is 13.0 Å². The van der Waals surface area contributed by atoms with Gasteiger partial charge in [0.2, 0.25) is 0 Å². The summed E-state index contributed by atoms with van der Waals surface area (Å²) in [4.78, 5) is 0. The zero-order valence-electron chi connectivity index (χ0n) is 9.29. The summed E-state index contributed by atoms with van der Waals surface area (Å²) in [6, 6.07) is 2.40. The van der Waals surface area contributed by atoms with Crippen molar-refractivity contribution in [1.29, 1.82) is 0 Å². The summed E-state index contributed by atoms with van der Waals surface area (Å²) in [7, 11) is 0. The van der Waals surface area contributed by atoms with Crippen LogP contribution < -0.4 is 5.73 Å². The van der Waals surface area contributed by atoms with Crippen molar-refractivity contribution in [3.63, 3.8) is 0 Å². The Balaban J connectivity index is 2.50. The first-order valence-electron chi connectivity index (χ1n) is 4.97. The van der Waals surface area contributed by atoms with Crippen molar-refractivity contribution in [3.05, 3.63) is 41.5 Å². The normalized spacial score (nSPS) is 11.8. The summed E-state index contributed by atoms with van der Waals surface area (Å²) < 4.78 is 51.4. The van der Waals surface area contributed by atoms with Gasteiger partial charge in [0.15, 0.2) is 0 Å². The number of aromatic nitrogens is 2. The van der Waals surface area contributed by atoms with Crippen molar-refractivity contribution in [3.8, 4) is 5.69 Å². The van der Waals surface area contributed by atoms with E-state index in [0.717, 1.165) is 16.9 Å². The lowest BCUT2D eigenvalue weighted by atomic mass is 10.2. The van der Waals surface area contributed by atoms with Gasteiger partial charge in [0.05, 0.1) is 23.1 Å². The Morgan fingerprint density at radius 3 is 2.50 bits per heavy atom. The third kappa shape index (κ3) is 2.15. The van der Waals surface area contributed by atoms with E-state index in [0.29, 0.717) is 6.20 Å². The molecule has 0 atom stereocenters. The second-order valence-corrected chi connectivity index (χ2v) is 3.83. The average molecular weight is 259 g/mol. The average Bonchev–Trinajstić information content (AvgIpc) is 2.72. The molecular formula is C11H9F4N3. The minimum atomic E-state index is -4.47. The largest absolute Gasteiger partial charge is 0.419 e. The summed E-state index contributed by atoms with van der Waals surface area (Å²) >= 11 is 0. The van der Waals surface area contributed by atoms with E-state index in [-0.39, 0.29) is 16.9 Å². The van der Waals surface area contributed by atoms with Crippen LogP contribution in [0.25, 0.3) is 5.69 Å². The van der Waals surface area contributed by atoms with Crippen LogP contribution in [0.1, 0.15) is 11.1 Å². The molecular weight excluding hydrogens is 250 g/mol. The first-order valence-corrected chi connectivity index (χ1v) is 4.97. The van der Waals surface area contributed by atoms with E-state index >= 15 is 0 Å². The Hall–Kier alpha value is -2.05. The van der Waals surface area contributed by atoms with Gasteiger partial charge < -0.3 is 5.73 Å². The van der Waals surface area contributed by atoms with Crippen LogP contribution in [0.5, 0.6) is 0 Å². The number of nitrogens with two attached hydrogens (primary N) is 1. The maximum absolute atomic E-state index is 13.2. The fourth-order valence-electron chi connectivity index (χ4n) is 1.48. The number of hydrogen-bond donors (Lipinski definition) is 1. The number of rotatable bonds is 1. The summed E-state index contributed by atoms with van der Waals surface area (Å²) in [6.45, 7) is 1.49. The predicted molar refractivity (Wildman–Crippen MR) is 57.7 cm³/mol. The van der Waals surface area contributed by atoms with Gasteiger partial charge in [-0.1, -0.05) is 0 Å². The molecule has 0 fully saturated rings. The molecule has 1 aromatic heterocycles. The molecule has 0 amide bonds. The zero-order chi connectivity index (χ0) is 13.5. The molecule has 0 saturated carbocycles. The summed E-state index contributed by atoms with van der Waals surface area (Å²) in [5.41, 5.74) is 5.19. The molecule has 0 aliphatic rings. The molecule has 0 spiro atoms. The fraction of sp³-hybridized carbons (Fsp3) is 0.182. The zero-order valence-corrected chi connectivity index (χ0v) is 9.29. The van der Waals surface area contributed by atoms with E-state index in [4.69, 9.17) is 5.73 Å². The SMILES string of the molecule is Cc1cc(-n2cc(C(F)(F)F)cn2)c(N)cc1F. The monoisotopic (exact) mass is 259 g/mol. The fourth-order valence-corrected chi connectivity index (χ4v) is 1.48. The van der Waals surface area contributed by atoms with Crippen molar-refractivity contribution in [2.24, 2.45) is 0 Å². The van der Waals surface area contributed by atoms with Gasteiger partial charge in [0.25, 0.3) is 0 Å². The molecule has 0 radical (unpaired) electrons. The predicted octanol–water partition coefficient (Wildman–Crippen LogP) is 2.92. The number of anilines is 1. The van der Waals surface area contributed by atoms with Gasteiger partial charge >= 0.3 is 6.18 Å². The van der Waals surface area contributed by atoms with Gasteiger partial charge in [0, 0.05) is 6.20 Å². The third-order valence-electron chi connectivity index (χ3n) is 2.46. The lowest BCUT2D eigenvalue weighted by Crippen LogP contribution is -2.04. The van der Waals surface area contributed by atoms with Gasteiger partial charge in [-0.05, 0) is 24.6 Å². The topological polar surface area (TPSA) is 43.8 Å². The molecule has 0 saturated heterocycles. The highest BCUT2D eigenvalue weighted by atomic mass is 19.4. The van der Waals surface area contributed by atoms with Crippen LogP contribution in [-0.4, -0.2) is 9.78 Å². The number of alkyl halides is 3. The smallest absolute Gasteiger partial charge is 0.397 e. The van der Waals surface area contributed by atoms with Crippen LogP contribution in [0.4, 0.5) is 23.2 Å². The van der Waals surface area contributed by atoms with Crippen LogP contribution in [0.3, 0.4) is 0 Å². The molecule has 2 N–H and O–H groups in total. The maximum atomic E-state index is 13.2. The number of halogens is 4. The van der Waals surface area contributed by atoms with Crippen LogP contribution >= 0.6 is 0 Å². The molecule has 0 aliphatic heterocycles. The van der Waals surface area contributed by atoms with Gasteiger partial charge in [0.1, 0.15) is 5.82 Å². The molecule has 3 nitrogen and oxygen atoms in total. The highest BCUT2D eigenvalue weighted by Crippen LogP contribution is 2.30. The minimum Gasteiger partial charge on any atom is -0.397 e. The summed E-state index contributed by atoms with van der Waals surface area (Å²) in [5, 5.41) is 3.58. The van der Waals surface area contributed by atoms with E-state index < -0.39 is 17.6 Å². The van der Waals surface area contributed by atoms with Crippen LogP contribution in [0.15, 0.2) is 24.5 Å². The number of benzene rings is 1. The van der Waals surface area contributed by atoms with Crippen LogP contribution in [-0.2, 0) is 6.18 Å². The van der Waals surface area contributed by atoms with E-state index in [1.807, 2.05) is 0 Å². The van der Waals surface area contributed by atoms with Crippen molar-refractivity contribution in [2.75, 3.05) is 5.73 Å². The van der Waals surface area contributed by atoms with Gasteiger partial charge in [-0.25, -0.2) is 9.07 Å². The molecule has 96 valence electrons. The van der Waals surface area contributed by atoms with Crippen molar-refractivity contribution < 1.29 is 17.6 Å². The van der Waals surface area contributed by atoms with E-state index in [1.54, 1.807) is 0 Å². The Morgan fingerprint density at radius 1 is 1.28 bits per heavy atom. The maximum Gasteiger partial charge on any atom is 0.419 e. The number of aryl methyl sites for hydroxylation is 1. The second kappa shape index (κ2) is 4.01. The lowest BCUT2D eigenvalue weighted by molar-refractivity contribution is -0.137. The molecule has 18 heavy (non-hydrogen) atoms. The summed E-state index contributed by atoms with van der Waals surface area (Å²) in [6.07, 6.45) is -2.97. The lowest BCUT2D eigenvalue weighted by Gasteiger charge is -2.08. The standard InChI is InChI=1S/C11H9F4N3/c1-6-2-10(9(16)3-8(6)12)18-5-7(4-17-18)11(13,14)15/h2-5H,16H2,1H3. The highest BCUT2D eigenvalue weighted by molar-refractivity contribution is 5.59. The number of nitrogens with zero attached hydrogens (tertiary/aromatic N) is 2. The quantitative estimate of drug-likeness (QED) is 0.632. The summed E-state index contributed by atoms with van der Waals surface area (Å²) in [5.74, 6) is -0.514. The molecule has 0 aliphatic carbocycles. The van der Waals surface area contributed by atoms with E-state index in [2.05, 4.69) is 5.10 Å². The first-order chi connectivity index (χ1) is 8.29. The Bertz CT molecular complexity index is 586. The Morgan fingerprint density at radius 2 is 1.94 bits per heavy atom. The highest BCUT2D eigenvalue weighted by Gasteiger charge is 2.32. The molecule has 7 heteroatoms. The van der Waals surface area contributed by atoms with E-state index in [9.17, 15) is 17.6 Å². The Kier molecular flexibility index (Phi) is 2.76. The minimum absolute atomic E-state index is 0.0231. The molecule has 1 heterocycles. The number of hydrogen-bond acceptors (Lipinski definition) is 2. The number of nitrogen functional groups attached to an aromatic ring is 1. The van der Waals surface area contributed by atoms with Crippen molar-refractivity contribution in [1.82, 2.24) is 9.78 Å².